The summed E-state index contributed by atoms with van der Waals surface area (Å²) < 4.78 is 5.10. The summed E-state index contributed by atoms with van der Waals surface area (Å²) in [5, 5.41) is 14.1. The Morgan fingerprint density at radius 3 is 2.41 bits per heavy atom. The Kier molecular flexibility index (Phi) is 6.35. The second-order valence-electron chi connectivity index (χ2n) is 6.00. The highest BCUT2D eigenvalue weighted by Gasteiger charge is 2.08. The Bertz CT molecular complexity index is 850. The van der Waals surface area contributed by atoms with Crippen LogP contribution in [-0.2, 0) is 6.42 Å². The first-order valence-corrected chi connectivity index (χ1v) is 8.81. The van der Waals surface area contributed by atoms with Gasteiger partial charge in [0, 0.05) is 12.2 Å². The molecule has 138 valence electrons. The Labute approximate surface area is 158 Å². The Morgan fingerprint density at radius 2 is 1.74 bits per heavy atom. The first kappa shape index (κ1) is 18.4. The molecule has 0 bridgehead atoms. The molecule has 1 aromatic heterocycles. The molecule has 0 aliphatic heterocycles. The zero-order valence-electron chi connectivity index (χ0n) is 15.2. The maximum absolute atomic E-state index is 12.2. The van der Waals surface area contributed by atoms with Crippen LogP contribution in [0.15, 0.2) is 66.7 Å². The normalized spacial score (nSPS) is 10.3. The largest absolute Gasteiger partial charge is 0.497 e. The van der Waals surface area contributed by atoms with Gasteiger partial charge >= 0.3 is 0 Å². The molecule has 0 spiro atoms. The maximum Gasteiger partial charge on any atom is 0.276 e. The van der Waals surface area contributed by atoms with E-state index in [1.54, 1.807) is 43.5 Å². The smallest absolute Gasteiger partial charge is 0.276 e. The van der Waals surface area contributed by atoms with E-state index in [1.165, 1.54) is 5.56 Å². The van der Waals surface area contributed by atoms with Gasteiger partial charge < -0.3 is 15.4 Å². The molecule has 1 heterocycles. The highest BCUT2D eigenvalue weighted by Crippen LogP contribution is 2.15. The summed E-state index contributed by atoms with van der Waals surface area (Å²) in [4.78, 5) is 12.2. The number of aromatic nitrogens is 2. The molecule has 0 radical (unpaired) electrons. The van der Waals surface area contributed by atoms with Crippen LogP contribution in [-0.4, -0.2) is 29.8 Å². The standard InChI is InChI=1S/C21H22N4O2/c1-27-18-11-9-17(10-12-18)23-21(26)19-13-14-20(25-24-19)22-15-5-8-16-6-3-2-4-7-16/h2-4,6-7,9-14H,5,8,15H2,1H3,(H,22,25)(H,23,26). The predicted molar refractivity (Wildman–Crippen MR) is 106 cm³/mol. The molecule has 27 heavy (non-hydrogen) atoms. The fourth-order valence-electron chi connectivity index (χ4n) is 2.57. The van der Waals surface area contributed by atoms with Gasteiger partial charge in [-0.1, -0.05) is 30.3 Å². The van der Waals surface area contributed by atoms with E-state index in [0.717, 1.165) is 25.1 Å². The van der Waals surface area contributed by atoms with Crippen molar-refractivity contribution in [2.45, 2.75) is 12.8 Å². The summed E-state index contributed by atoms with van der Waals surface area (Å²) in [7, 11) is 1.60. The number of carbonyl (C=O) groups excluding carboxylic acids is 1. The number of hydrogen-bond acceptors (Lipinski definition) is 5. The van der Waals surface area contributed by atoms with Crippen molar-refractivity contribution in [3.05, 3.63) is 78.0 Å². The van der Waals surface area contributed by atoms with Crippen LogP contribution >= 0.6 is 0 Å². The minimum atomic E-state index is -0.303. The van der Waals surface area contributed by atoms with Gasteiger partial charge in [-0.05, 0) is 54.8 Å². The highest BCUT2D eigenvalue weighted by atomic mass is 16.5. The minimum Gasteiger partial charge on any atom is -0.497 e. The zero-order chi connectivity index (χ0) is 18.9. The molecule has 0 atom stereocenters. The van der Waals surface area contributed by atoms with E-state index in [4.69, 9.17) is 4.74 Å². The molecule has 0 saturated carbocycles. The lowest BCUT2D eigenvalue weighted by atomic mass is 10.1. The van der Waals surface area contributed by atoms with E-state index in [1.807, 2.05) is 18.2 Å². The second-order valence-corrected chi connectivity index (χ2v) is 6.00. The monoisotopic (exact) mass is 362 g/mol. The number of benzene rings is 2. The van der Waals surface area contributed by atoms with Crippen LogP contribution in [0.2, 0.25) is 0 Å². The summed E-state index contributed by atoms with van der Waals surface area (Å²) in [6.07, 6.45) is 2.00. The van der Waals surface area contributed by atoms with Crippen LogP contribution in [0.25, 0.3) is 0 Å². The van der Waals surface area contributed by atoms with E-state index in [0.29, 0.717) is 11.5 Å². The predicted octanol–water partition coefficient (Wildman–Crippen LogP) is 3.78. The summed E-state index contributed by atoms with van der Waals surface area (Å²) >= 11 is 0. The SMILES string of the molecule is COc1ccc(NC(=O)c2ccc(NCCCc3ccccc3)nn2)cc1. The summed E-state index contributed by atoms with van der Waals surface area (Å²) in [5.74, 6) is 1.09. The van der Waals surface area contributed by atoms with E-state index in [-0.39, 0.29) is 11.6 Å². The number of anilines is 2. The molecule has 6 nitrogen and oxygen atoms in total. The van der Waals surface area contributed by atoms with Crippen molar-refractivity contribution in [3.63, 3.8) is 0 Å². The molecule has 3 rings (SSSR count). The number of rotatable bonds is 8. The fraction of sp³-hybridized carbons (Fsp3) is 0.190. The molecule has 0 aliphatic carbocycles. The van der Waals surface area contributed by atoms with Gasteiger partial charge in [0.1, 0.15) is 11.6 Å². The molecule has 3 aromatic rings. The molecule has 2 N–H and O–H groups in total. The average Bonchev–Trinajstić information content (AvgIpc) is 2.73. The lowest BCUT2D eigenvalue weighted by molar-refractivity contribution is 0.102. The summed E-state index contributed by atoms with van der Waals surface area (Å²) in [6.45, 7) is 0.793. The van der Waals surface area contributed by atoms with Crippen molar-refractivity contribution in [1.29, 1.82) is 0 Å². The number of aryl methyl sites for hydroxylation is 1. The van der Waals surface area contributed by atoms with Crippen LogP contribution in [0.1, 0.15) is 22.5 Å². The van der Waals surface area contributed by atoms with Crippen molar-refractivity contribution in [3.8, 4) is 5.75 Å². The molecule has 0 fully saturated rings. The zero-order valence-corrected chi connectivity index (χ0v) is 15.2. The number of carbonyl (C=O) groups is 1. The highest BCUT2D eigenvalue weighted by molar-refractivity contribution is 6.02. The molecular weight excluding hydrogens is 340 g/mol. The quantitative estimate of drug-likeness (QED) is 0.597. The third-order valence-corrected chi connectivity index (χ3v) is 4.04. The number of nitrogens with one attached hydrogen (secondary N) is 2. The molecule has 2 aromatic carbocycles. The van der Waals surface area contributed by atoms with Crippen molar-refractivity contribution < 1.29 is 9.53 Å². The molecule has 6 heteroatoms. The van der Waals surface area contributed by atoms with Gasteiger partial charge in [0.25, 0.3) is 5.91 Å². The number of nitrogens with zero attached hydrogens (tertiary/aromatic N) is 2. The number of methoxy groups -OCH3 is 1. The van der Waals surface area contributed by atoms with E-state index in [9.17, 15) is 4.79 Å². The van der Waals surface area contributed by atoms with Crippen molar-refractivity contribution in [1.82, 2.24) is 10.2 Å². The van der Waals surface area contributed by atoms with E-state index in [2.05, 4.69) is 33.0 Å². The van der Waals surface area contributed by atoms with Crippen molar-refractivity contribution in [2.75, 3.05) is 24.3 Å². The number of amides is 1. The van der Waals surface area contributed by atoms with Gasteiger partial charge in [-0.3, -0.25) is 4.79 Å². The maximum atomic E-state index is 12.2. The van der Waals surface area contributed by atoms with Gasteiger partial charge in [0.05, 0.1) is 7.11 Å². The summed E-state index contributed by atoms with van der Waals surface area (Å²) in [5.41, 5.74) is 2.25. The Balaban J connectivity index is 1.46. The van der Waals surface area contributed by atoms with Gasteiger partial charge in [0.15, 0.2) is 5.69 Å². The molecule has 0 aliphatic rings. The van der Waals surface area contributed by atoms with Gasteiger partial charge in [0.2, 0.25) is 0 Å². The van der Waals surface area contributed by atoms with Crippen molar-refractivity contribution in [2.24, 2.45) is 0 Å². The van der Waals surface area contributed by atoms with Gasteiger partial charge in [-0.15, -0.1) is 10.2 Å². The minimum absolute atomic E-state index is 0.264. The van der Waals surface area contributed by atoms with Crippen LogP contribution in [0.3, 0.4) is 0 Å². The lowest BCUT2D eigenvalue weighted by Gasteiger charge is -2.07. The van der Waals surface area contributed by atoms with Crippen LogP contribution in [0.4, 0.5) is 11.5 Å². The van der Waals surface area contributed by atoms with Crippen molar-refractivity contribution >= 4 is 17.4 Å². The first-order chi connectivity index (χ1) is 13.2. The summed E-state index contributed by atoms with van der Waals surface area (Å²) in [6, 6.07) is 20.9. The number of ether oxygens (including phenoxy) is 1. The van der Waals surface area contributed by atoms with Crippen LogP contribution in [0.5, 0.6) is 5.75 Å². The third kappa shape index (κ3) is 5.54. The Hall–Kier alpha value is -3.41. The van der Waals surface area contributed by atoms with E-state index >= 15 is 0 Å². The second kappa shape index (κ2) is 9.33. The van der Waals surface area contributed by atoms with Crippen LogP contribution in [0, 0.1) is 0 Å². The topological polar surface area (TPSA) is 76.1 Å². The Morgan fingerprint density at radius 1 is 0.963 bits per heavy atom. The molecule has 1 amide bonds. The van der Waals surface area contributed by atoms with Crippen LogP contribution < -0.4 is 15.4 Å². The fourth-order valence-corrected chi connectivity index (χ4v) is 2.57. The molecular formula is C21H22N4O2. The first-order valence-electron chi connectivity index (χ1n) is 8.81. The van der Waals surface area contributed by atoms with Gasteiger partial charge in [-0.2, -0.15) is 0 Å². The van der Waals surface area contributed by atoms with E-state index < -0.39 is 0 Å². The van der Waals surface area contributed by atoms with Gasteiger partial charge in [-0.25, -0.2) is 0 Å². The third-order valence-electron chi connectivity index (χ3n) is 4.04. The molecule has 0 unspecified atom stereocenters. The number of hydrogen-bond donors (Lipinski definition) is 2. The average molecular weight is 362 g/mol. The molecule has 0 saturated heterocycles. The lowest BCUT2D eigenvalue weighted by Crippen LogP contribution is -2.15.